The van der Waals surface area contributed by atoms with Gasteiger partial charge in [-0.1, -0.05) is 25.3 Å². The molecule has 0 bridgehead atoms. The van der Waals surface area contributed by atoms with Gasteiger partial charge in [0.05, 0.1) is 0 Å². The van der Waals surface area contributed by atoms with Crippen LogP contribution >= 0.6 is 0 Å². The van der Waals surface area contributed by atoms with Crippen molar-refractivity contribution in [2.75, 3.05) is 0 Å². The number of aliphatic carboxylic acids is 2. The lowest BCUT2D eigenvalue weighted by atomic mass is 10.0. The molecule has 0 aliphatic rings. The van der Waals surface area contributed by atoms with Crippen molar-refractivity contribution in [2.45, 2.75) is 6.92 Å². The number of carbonyl (C=O) groups is 2. The smallest absolute Gasteiger partial charge is 0.331 e. The lowest BCUT2D eigenvalue weighted by Crippen LogP contribution is -1.97. The van der Waals surface area contributed by atoms with Crippen LogP contribution in [0.2, 0.25) is 0 Å². The second-order valence-corrected chi connectivity index (χ2v) is 3.12. The molecule has 0 aliphatic heterocycles. The van der Waals surface area contributed by atoms with Crippen molar-refractivity contribution in [3.63, 3.8) is 0 Å². The van der Waals surface area contributed by atoms with Gasteiger partial charge >= 0.3 is 11.9 Å². The van der Waals surface area contributed by atoms with E-state index < -0.39 is 11.9 Å². The van der Waals surface area contributed by atoms with E-state index in [1.54, 1.807) is 0 Å². The van der Waals surface area contributed by atoms with Gasteiger partial charge in [0.25, 0.3) is 0 Å². The maximum absolute atomic E-state index is 10.7. The largest absolute Gasteiger partial charge is 0.478 e. The molecule has 17 heavy (non-hydrogen) atoms. The van der Waals surface area contributed by atoms with Crippen LogP contribution in [0.3, 0.4) is 0 Å². The van der Waals surface area contributed by atoms with E-state index in [9.17, 15) is 9.59 Å². The highest BCUT2D eigenvalue weighted by Crippen LogP contribution is 2.13. The third-order valence-corrected chi connectivity index (χ3v) is 1.89. The Morgan fingerprint density at radius 1 is 1.00 bits per heavy atom. The van der Waals surface area contributed by atoms with Crippen LogP contribution < -0.4 is 0 Å². The maximum Gasteiger partial charge on any atom is 0.331 e. The normalized spacial score (nSPS) is 13.1. The van der Waals surface area contributed by atoms with Gasteiger partial charge in [0.1, 0.15) is 0 Å². The van der Waals surface area contributed by atoms with Crippen molar-refractivity contribution >= 4 is 11.9 Å². The number of allylic oxidation sites excluding steroid dienone is 6. The van der Waals surface area contributed by atoms with Gasteiger partial charge < -0.3 is 10.2 Å². The summed E-state index contributed by atoms with van der Waals surface area (Å²) in [5, 5.41) is 17.2. The Kier molecular flexibility index (Phi) is 6.03. The van der Waals surface area contributed by atoms with Gasteiger partial charge in [0, 0.05) is 11.6 Å². The van der Waals surface area contributed by atoms with E-state index in [2.05, 4.69) is 13.2 Å². The number of rotatable bonds is 6. The second-order valence-electron chi connectivity index (χ2n) is 3.12. The van der Waals surface area contributed by atoms with Crippen molar-refractivity contribution in [3.8, 4) is 0 Å². The molecule has 90 valence electrons. The molecular formula is C13H14O4. The van der Waals surface area contributed by atoms with E-state index >= 15 is 0 Å². The zero-order valence-electron chi connectivity index (χ0n) is 9.51. The maximum atomic E-state index is 10.7. The standard InChI is InChI=1S/C13H14O4/c1-4-10(6-7-12(14)15)11(5-2)8-9(3)13(16)17/h4-8H,1-2H2,3H3,(H,14,15)(H,16,17)/b7-6+,9-8+,11-10+. The van der Waals surface area contributed by atoms with Crippen LogP contribution in [0.5, 0.6) is 0 Å². The summed E-state index contributed by atoms with van der Waals surface area (Å²) in [6, 6.07) is 0. The van der Waals surface area contributed by atoms with Gasteiger partial charge in [0.15, 0.2) is 0 Å². The first-order valence-electron chi connectivity index (χ1n) is 4.74. The van der Waals surface area contributed by atoms with Crippen LogP contribution in [0.25, 0.3) is 0 Å². The Balaban J connectivity index is 5.48. The van der Waals surface area contributed by atoms with Gasteiger partial charge in [-0.05, 0) is 30.2 Å². The summed E-state index contributed by atoms with van der Waals surface area (Å²) in [4.78, 5) is 21.0. The van der Waals surface area contributed by atoms with Crippen molar-refractivity contribution in [1.82, 2.24) is 0 Å². The second kappa shape index (κ2) is 7.00. The zero-order chi connectivity index (χ0) is 13.4. The van der Waals surface area contributed by atoms with Crippen molar-refractivity contribution < 1.29 is 19.8 Å². The first-order valence-corrected chi connectivity index (χ1v) is 4.74. The Morgan fingerprint density at radius 3 is 1.88 bits per heavy atom. The molecule has 4 heteroatoms. The highest BCUT2D eigenvalue weighted by atomic mass is 16.4. The van der Waals surface area contributed by atoms with Crippen molar-refractivity contribution in [3.05, 3.63) is 60.3 Å². The van der Waals surface area contributed by atoms with Crippen LogP contribution in [-0.4, -0.2) is 22.2 Å². The molecule has 0 unspecified atom stereocenters. The van der Waals surface area contributed by atoms with E-state index in [4.69, 9.17) is 10.2 Å². The van der Waals surface area contributed by atoms with E-state index in [0.29, 0.717) is 11.1 Å². The van der Waals surface area contributed by atoms with Gasteiger partial charge in [-0.3, -0.25) is 0 Å². The molecule has 0 aromatic carbocycles. The third-order valence-electron chi connectivity index (χ3n) is 1.89. The minimum absolute atomic E-state index is 0.128. The lowest BCUT2D eigenvalue weighted by molar-refractivity contribution is -0.133. The lowest BCUT2D eigenvalue weighted by Gasteiger charge is -2.01. The predicted molar refractivity (Wildman–Crippen MR) is 65.6 cm³/mol. The van der Waals surface area contributed by atoms with Gasteiger partial charge in [-0.2, -0.15) is 0 Å². The molecule has 0 atom stereocenters. The molecule has 0 aromatic heterocycles. The number of hydrogen-bond donors (Lipinski definition) is 2. The average Bonchev–Trinajstić information content (AvgIpc) is 2.27. The van der Waals surface area contributed by atoms with Crippen LogP contribution in [0.1, 0.15) is 6.92 Å². The SMILES string of the molecule is C=CC(/C=C/C(=O)O)=C(C=C)\C=C(/C)C(=O)O. The number of carboxylic acid groups (broad SMARTS) is 2. The van der Waals surface area contributed by atoms with E-state index in [1.807, 2.05) is 0 Å². The fourth-order valence-electron chi connectivity index (χ4n) is 0.998. The zero-order valence-corrected chi connectivity index (χ0v) is 9.51. The third kappa shape index (κ3) is 5.32. The Morgan fingerprint density at radius 2 is 1.53 bits per heavy atom. The fraction of sp³-hybridized carbons (Fsp3) is 0.0769. The predicted octanol–water partition coefficient (Wildman–Crippen LogP) is 2.33. The summed E-state index contributed by atoms with van der Waals surface area (Å²) in [6.07, 6.45) is 6.55. The molecule has 0 heterocycles. The molecule has 0 amide bonds. The molecule has 0 saturated carbocycles. The summed E-state index contributed by atoms with van der Waals surface area (Å²) in [5.41, 5.74) is 1.11. The summed E-state index contributed by atoms with van der Waals surface area (Å²) in [5.74, 6) is -2.14. The summed E-state index contributed by atoms with van der Waals surface area (Å²) in [6.45, 7) is 8.52. The Labute approximate surface area is 99.6 Å². The minimum Gasteiger partial charge on any atom is -0.478 e. The van der Waals surface area contributed by atoms with E-state index in [-0.39, 0.29) is 5.57 Å². The number of hydrogen-bond acceptors (Lipinski definition) is 2. The van der Waals surface area contributed by atoms with Crippen molar-refractivity contribution in [2.24, 2.45) is 0 Å². The van der Waals surface area contributed by atoms with Crippen molar-refractivity contribution in [1.29, 1.82) is 0 Å². The summed E-state index contributed by atoms with van der Waals surface area (Å²) >= 11 is 0. The Hall–Kier alpha value is -2.36. The molecule has 0 saturated heterocycles. The molecule has 0 fully saturated rings. The monoisotopic (exact) mass is 234 g/mol. The summed E-state index contributed by atoms with van der Waals surface area (Å²) in [7, 11) is 0. The van der Waals surface area contributed by atoms with Crippen LogP contribution in [0.15, 0.2) is 60.3 Å². The average molecular weight is 234 g/mol. The highest BCUT2D eigenvalue weighted by Gasteiger charge is 2.02. The molecule has 0 spiro atoms. The molecule has 2 N–H and O–H groups in total. The minimum atomic E-state index is -1.09. The van der Waals surface area contributed by atoms with E-state index in [0.717, 1.165) is 6.08 Å². The molecular weight excluding hydrogens is 220 g/mol. The number of carboxylic acids is 2. The van der Waals surface area contributed by atoms with E-state index in [1.165, 1.54) is 31.2 Å². The molecule has 4 nitrogen and oxygen atoms in total. The molecule has 0 aromatic rings. The van der Waals surface area contributed by atoms with Crippen LogP contribution in [0, 0.1) is 0 Å². The van der Waals surface area contributed by atoms with Gasteiger partial charge in [0.2, 0.25) is 0 Å². The molecule has 0 rings (SSSR count). The Bertz CT molecular complexity index is 436. The highest BCUT2D eigenvalue weighted by molar-refractivity contribution is 5.87. The fourth-order valence-corrected chi connectivity index (χ4v) is 0.998. The van der Waals surface area contributed by atoms with Gasteiger partial charge in [-0.25, -0.2) is 9.59 Å². The quantitative estimate of drug-likeness (QED) is 0.546. The van der Waals surface area contributed by atoms with Crippen LogP contribution in [-0.2, 0) is 9.59 Å². The molecule has 0 aliphatic carbocycles. The topological polar surface area (TPSA) is 74.6 Å². The molecule has 0 radical (unpaired) electrons. The first-order chi connectivity index (χ1) is 7.92. The summed E-state index contributed by atoms with van der Waals surface area (Å²) < 4.78 is 0. The first kappa shape index (κ1) is 14.6. The van der Waals surface area contributed by atoms with Crippen LogP contribution in [0.4, 0.5) is 0 Å². The van der Waals surface area contributed by atoms with Gasteiger partial charge in [-0.15, -0.1) is 0 Å².